The smallest absolute Gasteiger partial charge is 0.0406 e. The van der Waals surface area contributed by atoms with Crippen LogP contribution < -0.4 is 5.73 Å². The second-order valence-corrected chi connectivity index (χ2v) is 5.84. The first-order chi connectivity index (χ1) is 9.22. The van der Waals surface area contributed by atoms with Crippen LogP contribution in [-0.2, 0) is 6.42 Å². The highest BCUT2D eigenvalue weighted by atomic mass is 35.5. The van der Waals surface area contributed by atoms with Crippen molar-refractivity contribution in [2.75, 3.05) is 0 Å². The summed E-state index contributed by atoms with van der Waals surface area (Å²) in [5.74, 6) is 0.710. The fourth-order valence-corrected chi connectivity index (χ4v) is 2.55. The third kappa shape index (κ3) is 3.17. The van der Waals surface area contributed by atoms with Crippen LogP contribution in [0.1, 0.15) is 35.6 Å². The van der Waals surface area contributed by atoms with Crippen molar-refractivity contribution >= 4 is 11.6 Å². The predicted molar refractivity (Wildman–Crippen MR) is 80.4 cm³/mol. The lowest BCUT2D eigenvalue weighted by Gasteiger charge is -2.11. The van der Waals surface area contributed by atoms with Gasteiger partial charge in [0.05, 0.1) is 0 Å². The maximum absolute atomic E-state index is 6.20. The molecule has 2 N–H and O–H groups in total. The first-order valence-corrected chi connectivity index (χ1v) is 7.19. The van der Waals surface area contributed by atoms with Gasteiger partial charge in [-0.05, 0) is 54.0 Å². The van der Waals surface area contributed by atoms with Gasteiger partial charge in [0.15, 0.2) is 0 Å². The first kappa shape index (κ1) is 12.7. The minimum atomic E-state index is 0.226. The monoisotopic (exact) mass is 271 g/mol. The maximum atomic E-state index is 6.20. The summed E-state index contributed by atoms with van der Waals surface area (Å²) in [5.41, 5.74) is 10.1. The van der Waals surface area contributed by atoms with E-state index in [-0.39, 0.29) is 6.04 Å². The lowest BCUT2D eigenvalue weighted by Crippen LogP contribution is -2.12. The van der Waals surface area contributed by atoms with E-state index in [9.17, 15) is 0 Å². The van der Waals surface area contributed by atoms with Crippen LogP contribution in [0.15, 0.2) is 48.5 Å². The Labute approximate surface area is 119 Å². The molecule has 0 heterocycles. The molecule has 0 saturated heterocycles. The third-order valence-electron chi connectivity index (χ3n) is 3.82. The SMILES string of the molecule is N[C@@H](c1ccc(Cc2ccc(Cl)cc2)cc1)C1CC1. The number of nitrogens with two attached hydrogens (primary N) is 1. The summed E-state index contributed by atoms with van der Waals surface area (Å²) in [6, 6.07) is 17.0. The normalized spacial score (nSPS) is 16.3. The third-order valence-corrected chi connectivity index (χ3v) is 4.07. The predicted octanol–water partition coefficient (Wildman–Crippen LogP) is 4.34. The Balaban J connectivity index is 1.70. The lowest BCUT2D eigenvalue weighted by molar-refractivity contribution is 0.633. The zero-order chi connectivity index (χ0) is 13.2. The van der Waals surface area contributed by atoms with Crippen LogP contribution in [-0.4, -0.2) is 0 Å². The van der Waals surface area contributed by atoms with E-state index >= 15 is 0 Å². The van der Waals surface area contributed by atoms with Gasteiger partial charge in [0.1, 0.15) is 0 Å². The highest BCUT2D eigenvalue weighted by Gasteiger charge is 2.29. The highest BCUT2D eigenvalue weighted by molar-refractivity contribution is 6.30. The van der Waals surface area contributed by atoms with E-state index in [1.54, 1.807) is 0 Å². The summed E-state index contributed by atoms with van der Waals surface area (Å²) in [6.07, 6.45) is 3.51. The molecule has 0 unspecified atom stereocenters. The van der Waals surface area contributed by atoms with Gasteiger partial charge < -0.3 is 5.73 Å². The second-order valence-electron chi connectivity index (χ2n) is 5.41. The molecule has 1 aliphatic rings. The molecule has 3 rings (SSSR count). The molecule has 0 radical (unpaired) electrons. The highest BCUT2D eigenvalue weighted by Crippen LogP contribution is 2.39. The van der Waals surface area contributed by atoms with Gasteiger partial charge in [0, 0.05) is 11.1 Å². The van der Waals surface area contributed by atoms with Gasteiger partial charge in [-0.25, -0.2) is 0 Å². The summed E-state index contributed by atoms with van der Waals surface area (Å²) in [7, 11) is 0. The molecule has 0 aromatic heterocycles. The van der Waals surface area contributed by atoms with Crippen molar-refractivity contribution in [2.45, 2.75) is 25.3 Å². The number of benzene rings is 2. The lowest BCUT2D eigenvalue weighted by atomic mass is 9.99. The minimum Gasteiger partial charge on any atom is -0.324 e. The van der Waals surface area contributed by atoms with Gasteiger partial charge in [-0.2, -0.15) is 0 Å². The van der Waals surface area contributed by atoms with E-state index in [1.807, 2.05) is 12.1 Å². The largest absolute Gasteiger partial charge is 0.324 e. The number of rotatable bonds is 4. The Hall–Kier alpha value is -1.31. The summed E-state index contributed by atoms with van der Waals surface area (Å²) < 4.78 is 0. The molecule has 0 aliphatic heterocycles. The van der Waals surface area contributed by atoms with Crippen molar-refractivity contribution < 1.29 is 0 Å². The van der Waals surface area contributed by atoms with Crippen LogP contribution in [0, 0.1) is 5.92 Å². The van der Waals surface area contributed by atoms with Gasteiger partial charge >= 0.3 is 0 Å². The molecular weight excluding hydrogens is 254 g/mol. The van der Waals surface area contributed by atoms with Gasteiger partial charge in [0.2, 0.25) is 0 Å². The molecule has 0 spiro atoms. The zero-order valence-electron chi connectivity index (χ0n) is 10.9. The van der Waals surface area contributed by atoms with Crippen molar-refractivity contribution in [3.05, 3.63) is 70.2 Å². The molecule has 1 atom stereocenters. The Bertz CT molecular complexity index is 540. The van der Waals surface area contributed by atoms with Crippen LogP contribution >= 0.6 is 11.6 Å². The van der Waals surface area contributed by atoms with Crippen molar-refractivity contribution in [3.8, 4) is 0 Å². The van der Waals surface area contributed by atoms with Crippen LogP contribution in [0.3, 0.4) is 0 Å². The molecule has 1 aliphatic carbocycles. The van der Waals surface area contributed by atoms with Gasteiger partial charge in [-0.15, -0.1) is 0 Å². The topological polar surface area (TPSA) is 26.0 Å². The molecule has 1 saturated carbocycles. The van der Waals surface area contributed by atoms with E-state index in [0.29, 0.717) is 5.92 Å². The fourth-order valence-electron chi connectivity index (χ4n) is 2.42. The number of hydrogen-bond acceptors (Lipinski definition) is 1. The van der Waals surface area contributed by atoms with Gasteiger partial charge in [0.25, 0.3) is 0 Å². The summed E-state index contributed by atoms with van der Waals surface area (Å²) in [5, 5.41) is 0.787. The molecule has 1 fully saturated rings. The van der Waals surface area contributed by atoms with Gasteiger partial charge in [-0.1, -0.05) is 48.0 Å². The van der Waals surface area contributed by atoms with Crippen LogP contribution in [0.4, 0.5) is 0 Å². The summed E-state index contributed by atoms with van der Waals surface area (Å²) in [6.45, 7) is 0. The van der Waals surface area contributed by atoms with E-state index in [0.717, 1.165) is 11.4 Å². The molecule has 98 valence electrons. The minimum absolute atomic E-state index is 0.226. The fraction of sp³-hybridized carbons (Fsp3) is 0.294. The van der Waals surface area contributed by atoms with Crippen LogP contribution in [0.2, 0.25) is 5.02 Å². The summed E-state index contributed by atoms with van der Waals surface area (Å²) >= 11 is 5.89. The molecule has 19 heavy (non-hydrogen) atoms. The Morgan fingerprint density at radius 3 is 2.00 bits per heavy atom. The van der Waals surface area contributed by atoms with E-state index < -0.39 is 0 Å². The van der Waals surface area contributed by atoms with Crippen LogP contribution in [0.25, 0.3) is 0 Å². The number of halogens is 1. The average Bonchev–Trinajstić information content (AvgIpc) is 3.26. The van der Waals surface area contributed by atoms with Crippen molar-refractivity contribution in [1.82, 2.24) is 0 Å². The van der Waals surface area contributed by atoms with Crippen molar-refractivity contribution in [3.63, 3.8) is 0 Å². The van der Waals surface area contributed by atoms with Gasteiger partial charge in [-0.3, -0.25) is 0 Å². The quantitative estimate of drug-likeness (QED) is 0.879. The molecule has 2 aromatic rings. The molecule has 0 amide bonds. The zero-order valence-corrected chi connectivity index (χ0v) is 11.6. The first-order valence-electron chi connectivity index (χ1n) is 6.81. The molecule has 0 bridgehead atoms. The van der Waals surface area contributed by atoms with Crippen molar-refractivity contribution in [2.24, 2.45) is 11.7 Å². The number of hydrogen-bond donors (Lipinski definition) is 1. The van der Waals surface area contributed by atoms with Crippen molar-refractivity contribution in [1.29, 1.82) is 0 Å². The van der Waals surface area contributed by atoms with Crippen LogP contribution in [0.5, 0.6) is 0 Å². The molecule has 2 heteroatoms. The second kappa shape index (κ2) is 5.36. The average molecular weight is 272 g/mol. The van der Waals surface area contributed by atoms with E-state index in [4.69, 9.17) is 17.3 Å². The Morgan fingerprint density at radius 2 is 1.47 bits per heavy atom. The molecular formula is C17H18ClN. The standard InChI is InChI=1S/C17H18ClN/c18-16-9-3-13(4-10-16)11-12-1-5-14(6-2-12)17(19)15-7-8-15/h1-6,9-10,15,17H,7-8,11,19H2/t17-/m0/s1. The molecule has 2 aromatic carbocycles. The van der Waals surface area contributed by atoms with E-state index in [2.05, 4.69) is 36.4 Å². The summed E-state index contributed by atoms with van der Waals surface area (Å²) in [4.78, 5) is 0. The Kier molecular flexibility index (Phi) is 3.58. The Morgan fingerprint density at radius 1 is 0.947 bits per heavy atom. The maximum Gasteiger partial charge on any atom is 0.0406 e. The van der Waals surface area contributed by atoms with E-state index in [1.165, 1.54) is 29.5 Å². The molecule has 1 nitrogen and oxygen atoms in total.